The molecular formula is C23H29N3O. The Hall–Kier alpha value is -2.17. The minimum atomic E-state index is 0.180. The molecule has 4 heteroatoms. The van der Waals surface area contributed by atoms with Gasteiger partial charge in [0, 0.05) is 37.8 Å². The molecule has 3 aliphatic heterocycles. The number of piperidine rings is 1. The molecule has 3 aliphatic rings. The zero-order chi connectivity index (χ0) is 18.6. The summed E-state index contributed by atoms with van der Waals surface area (Å²) in [5, 5.41) is 0. The van der Waals surface area contributed by atoms with E-state index in [0.717, 1.165) is 38.2 Å². The van der Waals surface area contributed by atoms with E-state index in [4.69, 9.17) is 5.73 Å². The van der Waals surface area contributed by atoms with Gasteiger partial charge in [-0.15, -0.1) is 0 Å². The average molecular weight is 364 g/mol. The van der Waals surface area contributed by atoms with Crippen molar-refractivity contribution in [3.63, 3.8) is 0 Å². The Morgan fingerprint density at radius 1 is 0.963 bits per heavy atom. The molecule has 3 fully saturated rings. The van der Waals surface area contributed by atoms with Gasteiger partial charge < -0.3 is 10.6 Å². The lowest BCUT2D eigenvalue weighted by Crippen LogP contribution is -2.43. The summed E-state index contributed by atoms with van der Waals surface area (Å²) < 4.78 is 0. The van der Waals surface area contributed by atoms with Crippen LogP contribution in [0.25, 0.3) is 0 Å². The van der Waals surface area contributed by atoms with E-state index in [0.29, 0.717) is 18.5 Å². The molecule has 2 aromatic rings. The summed E-state index contributed by atoms with van der Waals surface area (Å²) in [6, 6.07) is 19.0. The average Bonchev–Trinajstić information content (AvgIpc) is 3.01. The molecule has 3 saturated heterocycles. The second kappa shape index (κ2) is 8.24. The Kier molecular flexibility index (Phi) is 5.55. The van der Waals surface area contributed by atoms with Gasteiger partial charge in [0.15, 0.2) is 0 Å². The molecule has 0 unspecified atom stereocenters. The molecule has 2 aromatic carbocycles. The Morgan fingerprint density at radius 2 is 1.78 bits per heavy atom. The molecular weight excluding hydrogens is 334 g/mol. The van der Waals surface area contributed by atoms with Gasteiger partial charge in [0.1, 0.15) is 0 Å². The van der Waals surface area contributed by atoms with Gasteiger partial charge in [-0.1, -0.05) is 42.5 Å². The zero-order valence-corrected chi connectivity index (χ0v) is 15.9. The fourth-order valence-electron chi connectivity index (χ4n) is 4.59. The van der Waals surface area contributed by atoms with Gasteiger partial charge in [0.2, 0.25) is 0 Å². The second-order valence-electron chi connectivity index (χ2n) is 7.96. The maximum atomic E-state index is 12.9. The van der Waals surface area contributed by atoms with Crippen LogP contribution in [-0.4, -0.2) is 47.9 Å². The maximum absolute atomic E-state index is 12.9. The quantitative estimate of drug-likeness (QED) is 0.889. The van der Waals surface area contributed by atoms with Crippen molar-refractivity contribution >= 4 is 5.91 Å². The Bertz CT molecular complexity index is 776. The summed E-state index contributed by atoms with van der Waals surface area (Å²) in [5.74, 6) is 0.753. The predicted octanol–water partition coefficient (Wildman–Crippen LogP) is 2.92. The van der Waals surface area contributed by atoms with E-state index in [1.165, 1.54) is 24.0 Å². The highest BCUT2D eigenvalue weighted by Crippen LogP contribution is 2.30. The van der Waals surface area contributed by atoms with Crippen molar-refractivity contribution in [1.82, 2.24) is 9.80 Å². The first kappa shape index (κ1) is 18.2. The van der Waals surface area contributed by atoms with Crippen LogP contribution in [-0.2, 0) is 13.0 Å². The largest absolute Gasteiger partial charge is 0.337 e. The lowest BCUT2D eigenvalue weighted by molar-refractivity contribution is 0.0736. The number of hydrogen-bond acceptors (Lipinski definition) is 3. The third-order valence-corrected chi connectivity index (χ3v) is 5.94. The molecule has 142 valence electrons. The monoisotopic (exact) mass is 363 g/mol. The van der Waals surface area contributed by atoms with Gasteiger partial charge >= 0.3 is 0 Å². The van der Waals surface area contributed by atoms with E-state index in [2.05, 4.69) is 34.1 Å². The summed E-state index contributed by atoms with van der Waals surface area (Å²) in [7, 11) is 0. The summed E-state index contributed by atoms with van der Waals surface area (Å²) in [6.07, 6.45) is 3.35. The number of carbonyl (C=O) groups excluding carboxylic acids is 1. The zero-order valence-electron chi connectivity index (χ0n) is 15.9. The number of benzene rings is 2. The number of amides is 1. The fraction of sp³-hybridized carbons (Fsp3) is 0.435. The van der Waals surface area contributed by atoms with Crippen molar-refractivity contribution in [2.45, 2.75) is 31.8 Å². The van der Waals surface area contributed by atoms with E-state index in [9.17, 15) is 4.79 Å². The van der Waals surface area contributed by atoms with Gasteiger partial charge in [-0.25, -0.2) is 0 Å². The highest BCUT2D eigenvalue weighted by Gasteiger charge is 2.36. The second-order valence-corrected chi connectivity index (χ2v) is 7.96. The van der Waals surface area contributed by atoms with Gasteiger partial charge in [-0.3, -0.25) is 9.69 Å². The smallest absolute Gasteiger partial charge is 0.253 e. The van der Waals surface area contributed by atoms with Crippen molar-refractivity contribution in [2.75, 3.05) is 26.2 Å². The number of fused-ring (bicyclic) bond motifs is 4. The lowest BCUT2D eigenvalue weighted by atomic mass is 9.94. The van der Waals surface area contributed by atoms with Gasteiger partial charge in [0.05, 0.1) is 0 Å². The van der Waals surface area contributed by atoms with Crippen molar-refractivity contribution in [1.29, 1.82) is 0 Å². The lowest BCUT2D eigenvalue weighted by Gasteiger charge is -2.36. The van der Waals surface area contributed by atoms with Gasteiger partial charge in [-0.2, -0.15) is 0 Å². The molecule has 0 aromatic heterocycles. The van der Waals surface area contributed by atoms with Crippen LogP contribution < -0.4 is 5.73 Å². The third-order valence-electron chi connectivity index (χ3n) is 5.94. The SMILES string of the molecule is NCCc1cccc(CN2C[C@H]3CC[C@@H]2CN(C(=O)c2ccccc2)C3)c1. The molecule has 3 heterocycles. The predicted molar refractivity (Wildman–Crippen MR) is 108 cm³/mol. The molecule has 2 bridgehead atoms. The van der Waals surface area contributed by atoms with Gasteiger partial charge in [-0.05, 0) is 55.0 Å². The standard InChI is InChI=1S/C23H29N3O/c24-12-11-18-5-4-6-19(13-18)14-25-15-20-9-10-22(25)17-26(16-20)23(27)21-7-2-1-3-8-21/h1-8,13,20,22H,9-12,14-17,24H2/t20-,22-/m1/s1. The Labute approximate surface area is 162 Å². The number of rotatable bonds is 5. The van der Waals surface area contributed by atoms with Crippen LogP contribution in [0.5, 0.6) is 0 Å². The molecule has 0 saturated carbocycles. The molecule has 1 amide bonds. The van der Waals surface area contributed by atoms with Crippen LogP contribution in [0.2, 0.25) is 0 Å². The first-order valence-corrected chi connectivity index (χ1v) is 10.1. The van der Waals surface area contributed by atoms with Crippen LogP contribution in [0, 0.1) is 5.92 Å². The Morgan fingerprint density at radius 3 is 2.59 bits per heavy atom. The van der Waals surface area contributed by atoms with E-state index >= 15 is 0 Å². The normalized spacial score (nSPS) is 22.6. The maximum Gasteiger partial charge on any atom is 0.253 e. The summed E-state index contributed by atoms with van der Waals surface area (Å²) in [5.41, 5.74) is 9.19. The molecule has 2 N–H and O–H groups in total. The summed E-state index contributed by atoms with van der Waals surface area (Å²) >= 11 is 0. The topological polar surface area (TPSA) is 49.6 Å². The summed E-state index contributed by atoms with van der Waals surface area (Å²) in [4.78, 5) is 17.6. The fourth-order valence-corrected chi connectivity index (χ4v) is 4.59. The molecule has 0 aliphatic carbocycles. The van der Waals surface area contributed by atoms with E-state index < -0.39 is 0 Å². The van der Waals surface area contributed by atoms with Crippen LogP contribution in [0.3, 0.4) is 0 Å². The number of carbonyl (C=O) groups is 1. The van der Waals surface area contributed by atoms with Crippen molar-refractivity contribution in [3.05, 3.63) is 71.3 Å². The first-order chi connectivity index (χ1) is 13.2. The highest BCUT2D eigenvalue weighted by molar-refractivity contribution is 5.94. The molecule has 4 nitrogen and oxygen atoms in total. The molecule has 0 radical (unpaired) electrons. The number of nitrogens with two attached hydrogens (primary N) is 1. The van der Waals surface area contributed by atoms with Crippen molar-refractivity contribution in [3.8, 4) is 0 Å². The first-order valence-electron chi connectivity index (χ1n) is 10.1. The molecule has 2 atom stereocenters. The molecule has 0 spiro atoms. The van der Waals surface area contributed by atoms with Crippen molar-refractivity contribution in [2.24, 2.45) is 11.7 Å². The molecule has 27 heavy (non-hydrogen) atoms. The summed E-state index contributed by atoms with van der Waals surface area (Å²) in [6.45, 7) is 4.46. The van der Waals surface area contributed by atoms with Gasteiger partial charge in [0.25, 0.3) is 5.91 Å². The van der Waals surface area contributed by atoms with E-state index in [1.54, 1.807) is 0 Å². The minimum Gasteiger partial charge on any atom is -0.337 e. The van der Waals surface area contributed by atoms with E-state index in [-0.39, 0.29) is 5.91 Å². The minimum absolute atomic E-state index is 0.180. The number of hydrogen-bond donors (Lipinski definition) is 1. The molecule has 5 rings (SSSR count). The van der Waals surface area contributed by atoms with E-state index in [1.807, 2.05) is 30.3 Å². The third kappa shape index (κ3) is 4.23. The number of nitrogens with zero attached hydrogens (tertiary/aromatic N) is 2. The van der Waals surface area contributed by atoms with Crippen LogP contribution >= 0.6 is 0 Å². The highest BCUT2D eigenvalue weighted by atomic mass is 16.2. The van der Waals surface area contributed by atoms with Crippen LogP contribution in [0.1, 0.15) is 34.3 Å². The van der Waals surface area contributed by atoms with Crippen LogP contribution in [0.15, 0.2) is 54.6 Å². The van der Waals surface area contributed by atoms with Crippen molar-refractivity contribution < 1.29 is 4.79 Å². The Balaban J connectivity index is 1.47. The van der Waals surface area contributed by atoms with Crippen LogP contribution in [0.4, 0.5) is 0 Å².